The third kappa shape index (κ3) is 6.48. The Morgan fingerprint density at radius 2 is 1.78 bits per heavy atom. The highest BCUT2D eigenvalue weighted by Gasteiger charge is 2.05. The average molecular weight is 328 g/mol. The van der Waals surface area contributed by atoms with E-state index in [-0.39, 0.29) is 5.91 Å². The molecule has 0 saturated heterocycles. The molecule has 0 heterocycles. The van der Waals surface area contributed by atoms with Crippen LogP contribution in [0.5, 0.6) is 5.75 Å². The van der Waals surface area contributed by atoms with E-state index in [9.17, 15) is 4.79 Å². The summed E-state index contributed by atoms with van der Waals surface area (Å²) in [5.74, 6) is 0.697. The van der Waals surface area contributed by atoms with Crippen molar-refractivity contribution in [3.8, 4) is 5.75 Å². The average Bonchev–Trinajstić information content (AvgIpc) is 2.54. The number of hydrogen-bond donors (Lipinski definition) is 2. The van der Waals surface area contributed by atoms with E-state index >= 15 is 0 Å². The first-order valence-corrected chi connectivity index (χ1v) is 7.89. The van der Waals surface area contributed by atoms with Crippen LogP contribution in [0, 0.1) is 6.92 Å². The van der Waals surface area contributed by atoms with Gasteiger partial charge >= 0.3 is 0 Å². The summed E-state index contributed by atoms with van der Waals surface area (Å²) in [6.07, 6.45) is 0.996. The van der Waals surface area contributed by atoms with Crippen molar-refractivity contribution < 1.29 is 9.53 Å². The van der Waals surface area contributed by atoms with Crippen LogP contribution in [0.2, 0.25) is 0 Å². The highest BCUT2D eigenvalue weighted by molar-refractivity contribution is 7.80. The van der Waals surface area contributed by atoms with Gasteiger partial charge < -0.3 is 15.4 Å². The van der Waals surface area contributed by atoms with Gasteiger partial charge in [-0.05, 0) is 49.8 Å². The molecule has 0 aliphatic rings. The van der Waals surface area contributed by atoms with Gasteiger partial charge in [-0.3, -0.25) is 4.79 Å². The molecular weight excluding hydrogens is 308 g/mol. The molecule has 0 aliphatic heterocycles. The molecule has 0 radical (unpaired) electrons. The van der Waals surface area contributed by atoms with Crippen molar-refractivity contribution in [2.45, 2.75) is 19.8 Å². The summed E-state index contributed by atoms with van der Waals surface area (Å²) in [6, 6.07) is 17.3. The van der Waals surface area contributed by atoms with Crippen LogP contribution in [0.15, 0.2) is 54.6 Å². The Morgan fingerprint density at radius 1 is 1.09 bits per heavy atom. The summed E-state index contributed by atoms with van der Waals surface area (Å²) >= 11 is 5.11. The van der Waals surface area contributed by atoms with Crippen molar-refractivity contribution in [2.24, 2.45) is 0 Å². The molecule has 4 nitrogen and oxygen atoms in total. The van der Waals surface area contributed by atoms with E-state index in [2.05, 4.69) is 10.6 Å². The van der Waals surface area contributed by atoms with Gasteiger partial charge in [0.15, 0.2) is 5.11 Å². The standard InChI is InChI=1S/C18H20N2O2S/c1-14-9-11-16(12-10-14)22-13-5-8-17(21)20-18(23)19-15-6-3-2-4-7-15/h2-4,6-7,9-12H,5,8,13H2,1H3,(H2,19,20,21,23). The lowest BCUT2D eigenvalue weighted by molar-refractivity contribution is -0.119. The minimum atomic E-state index is -0.120. The maximum absolute atomic E-state index is 11.8. The molecule has 0 saturated carbocycles. The van der Waals surface area contributed by atoms with Crippen LogP contribution in [0.25, 0.3) is 0 Å². The van der Waals surface area contributed by atoms with Gasteiger partial charge in [-0.25, -0.2) is 0 Å². The number of ether oxygens (including phenoxy) is 1. The lowest BCUT2D eigenvalue weighted by Crippen LogP contribution is -2.34. The van der Waals surface area contributed by atoms with Crippen LogP contribution in [-0.2, 0) is 4.79 Å². The zero-order chi connectivity index (χ0) is 16.5. The van der Waals surface area contributed by atoms with Gasteiger partial charge in [0.1, 0.15) is 5.75 Å². The second-order valence-electron chi connectivity index (χ2n) is 5.13. The van der Waals surface area contributed by atoms with Gasteiger partial charge in [-0.1, -0.05) is 35.9 Å². The monoisotopic (exact) mass is 328 g/mol. The lowest BCUT2D eigenvalue weighted by Gasteiger charge is -2.10. The van der Waals surface area contributed by atoms with Crippen molar-refractivity contribution in [3.05, 3.63) is 60.2 Å². The Morgan fingerprint density at radius 3 is 2.48 bits per heavy atom. The molecule has 0 aliphatic carbocycles. The van der Waals surface area contributed by atoms with Crippen LogP contribution in [0.1, 0.15) is 18.4 Å². The number of aryl methyl sites for hydroxylation is 1. The molecule has 5 heteroatoms. The number of nitrogens with one attached hydrogen (secondary N) is 2. The fourth-order valence-electron chi connectivity index (χ4n) is 1.93. The molecule has 23 heavy (non-hydrogen) atoms. The van der Waals surface area contributed by atoms with Crippen molar-refractivity contribution >= 4 is 28.9 Å². The van der Waals surface area contributed by atoms with Gasteiger partial charge in [0, 0.05) is 12.1 Å². The third-order valence-electron chi connectivity index (χ3n) is 3.12. The fourth-order valence-corrected chi connectivity index (χ4v) is 2.16. The first-order valence-electron chi connectivity index (χ1n) is 7.49. The molecule has 0 atom stereocenters. The minimum absolute atomic E-state index is 0.120. The fraction of sp³-hybridized carbons (Fsp3) is 0.222. The summed E-state index contributed by atoms with van der Waals surface area (Å²) in [4.78, 5) is 11.8. The van der Waals surface area contributed by atoms with E-state index in [0.717, 1.165) is 11.4 Å². The van der Waals surface area contributed by atoms with E-state index in [0.29, 0.717) is 24.6 Å². The molecule has 2 aromatic rings. The Kier molecular flexibility index (Phi) is 6.56. The summed E-state index contributed by atoms with van der Waals surface area (Å²) in [5, 5.41) is 5.93. The van der Waals surface area contributed by atoms with E-state index < -0.39 is 0 Å². The summed E-state index contributed by atoms with van der Waals surface area (Å²) in [6.45, 7) is 2.52. The normalized spacial score (nSPS) is 9.96. The topological polar surface area (TPSA) is 50.4 Å². The minimum Gasteiger partial charge on any atom is -0.494 e. The van der Waals surface area contributed by atoms with Crippen LogP contribution in [-0.4, -0.2) is 17.6 Å². The van der Waals surface area contributed by atoms with Crippen LogP contribution >= 0.6 is 12.2 Å². The van der Waals surface area contributed by atoms with Crippen molar-refractivity contribution in [1.82, 2.24) is 5.32 Å². The first-order chi connectivity index (χ1) is 11.1. The number of hydrogen-bond acceptors (Lipinski definition) is 3. The predicted octanol–water partition coefficient (Wildman–Crippen LogP) is 3.67. The number of carbonyl (C=O) groups is 1. The summed E-state index contributed by atoms with van der Waals surface area (Å²) < 4.78 is 5.58. The number of para-hydroxylation sites is 1. The van der Waals surface area contributed by atoms with Gasteiger partial charge in [-0.2, -0.15) is 0 Å². The Balaban J connectivity index is 1.63. The number of rotatable bonds is 6. The first kappa shape index (κ1) is 17.0. The largest absolute Gasteiger partial charge is 0.494 e. The zero-order valence-electron chi connectivity index (χ0n) is 13.0. The van der Waals surface area contributed by atoms with Gasteiger partial charge in [0.25, 0.3) is 0 Å². The van der Waals surface area contributed by atoms with Crippen LogP contribution in [0.3, 0.4) is 0 Å². The van der Waals surface area contributed by atoms with Gasteiger partial charge in [0.05, 0.1) is 6.61 Å². The number of carbonyl (C=O) groups excluding carboxylic acids is 1. The molecule has 2 aromatic carbocycles. The molecule has 0 spiro atoms. The second kappa shape index (κ2) is 8.90. The maximum atomic E-state index is 11.8. The molecule has 0 aromatic heterocycles. The predicted molar refractivity (Wildman–Crippen MR) is 96.7 cm³/mol. The quantitative estimate of drug-likeness (QED) is 0.627. The molecule has 120 valence electrons. The van der Waals surface area contributed by atoms with E-state index in [4.69, 9.17) is 17.0 Å². The number of thiocarbonyl (C=S) groups is 1. The third-order valence-corrected chi connectivity index (χ3v) is 3.33. The molecule has 0 unspecified atom stereocenters. The number of anilines is 1. The Labute approximate surface area is 141 Å². The smallest absolute Gasteiger partial charge is 0.226 e. The second-order valence-corrected chi connectivity index (χ2v) is 5.54. The van der Waals surface area contributed by atoms with Crippen molar-refractivity contribution in [2.75, 3.05) is 11.9 Å². The van der Waals surface area contributed by atoms with Crippen LogP contribution in [0.4, 0.5) is 5.69 Å². The Hall–Kier alpha value is -2.40. The van der Waals surface area contributed by atoms with Crippen LogP contribution < -0.4 is 15.4 Å². The summed E-state index contributed by atoms with van der Waals surface area (Å²) in [7, 11) is 0. The van der Waals surface area contributed by atoms with E-state index in [1.807, 2.05) is 61.5 Å². The molecule has 2 rings (SSSR count). The van der Waals surface area contributed by atoms with E-state index in [1.165, 1.54) is 5.56 Å². The van der Waals surface area contributed by atoms with Gasteiger partial charge in [-0.15, -0.1) is 0 Å². The zero-order valence-corrected chi connectivity index (χ0v) is 13.9. The van der Waals surface area contributed by atoms with E-state index in [1.54, 1.807) is 0 Å². The highest BCUT2D eigenvalue weighted by atomic mass is 32.1. The molecule has 2 N–H and O–H groups in total. The SMILES string of the molecule is Cc1ccc(OCCCC(=O)NC(=S)Nc2ccccc2)cc1. The Bertz CT molecular complexity index is 642. The summed E-state index contributed by atoms with van der Waals surface area (Å²) in [5.41, 5.74) is 2.04. The lowest BCUT2D eigenvalue weighted by atomic mass is 10.2. The maximum Gasteiger partial charge on any atom is 0.226 e. The molecular formula is C18H20N2O2S. The highest BCUT2D eigenvalue weighted by Crippen LogP contribution is 2.11. The number of benzene rings is 2. The molecule has 0 bridgehead atoms. The number of amides is 1. The van der Waals surface area contributed by atoms with Gasteiger partial charge in [0.2, 0.25) is 5.91 Å². The molecule has 1 amide bonds. The molecule has 0 fully saturated rings. The van der Waals surface area contributed by atoms with Crippen molar-refractivity contribution in [1.29, 1.82) is 0 Å². The van der Waals surface area contributed by atoms with Crippen molar-refractivity contribution in [3.63, 3.8) is 0 Å².